The molecule has 1 aliphatic carbocycles. The van der Waals surface area contributed by atoms with Gasteiger partial charge >= 0.3 is 0 Å². The highest BCUT2D eigenvalue weighted by molar-refractivity contribution is 5.80. The van der Waals surface area contributed by atoms with Crippen molar-refractivity contribution in [1.82, 2.24) is 0 Å². The van der Waals surface area contributed by atoms with Gasteiger partial charge in [-0.1, -0.05) is 6.07 Å². The Balaban J connectivity index is 2.20. The number of ketones is 1. The van der Waals surface area contributed by atoms with Crippen molar-refractivity contribution in [2.45, 2.75) is 51.2 Å². The summed E-state index contributed by atoms with van der Waals surface area (Å²) in [5.41, 5.74) is 7.04. The van der Waals surface area contributed by atoms with Crippen LogP contribution in [0.2, 0.25) is 0 Å². The number of Topliss-reactive ketones (excluding diaryl/α,β-unsaturated/α-hetero) is 1. The quantitative estimate of drug-likeness (QED) is 0.857. The molecule has 2 rings (SSSR count). The van der Waals surface area contributed by atoms with Gasteiger partial charge in [-0.2, -0.15) is 0 Å². The Bertz CT molecular complexity index is 507. The van der Waals surface area contributed by atoms with Gasteiger partial charge in [0.05, 0.1) is 11.7 Å². The van der Waals surface area contributed by atoms with E-state index in [9.17, 15) is 9.59 Å². The summed E-state index contributed by atoms with van der Waals surface area (Å²) in [5.74, 6) is 0.854. The number of hydrogen-bond donors (Lipinski definition) is 1. The Morgan fingerprint density at radius 1 is 1.30 bits per heavy atom. The minimum atomic E-state index is -0.484. The van der Waals surface area contributed by atoms with Crippen LogP contribution >= 0.6 is 0 Å². The molecule has 0 atom stereocenters. The highest BCUT2D eigenvalue weighted by atomic mass is 16.5. The molecule has 0 amide bonds. The first-order chi connectivity index (χ1) is 9.40. The fourth-order valence-corrected chi connectivity index (χ4v) is 2.35. The molecule has 1 aromatic carbocycles. The molecular weight excluding hydrogens is 254 g/mol. The van der Waals surface area contributed by atoms with E-state index in [1.807, 2.05) is 26.0 Å². The maximum Gasteiger partial charge on any atom is 0.153 e. The van der Waals surface area contributed by atoms with E-state index in [-0.39, 0.29) is 11.9 Å². The zero-order valence-electron chi connectivity index (χ0n) is 12.0. The Kier molecular flexibility index (Phi) is 4.23. The normalized spacial score (nSPS) is 17.1. The van der Waals surface area contributed by atoms with Crippen LogP contribution in [0.25, 0.3) is 0 Å². The minimum Gasteiger partial charge on any atom is -0.490 e. The van der Waals surface area contributed by atoms with E-state index < -0.39 is 5.54 Å². The number of carbonyl (C=O) groups is 2. The number of aldehydes is 1. The smallest absolute Gasteiger partial charge is 0.153 e. The average molecular weight is 275 g/mol. The molecule has 108 valence electrons. The summed E-state index contributed by atoms with van der Waals surface area (Å²) < 4.78 is 5.92. The van der Waals surface area contributed by atoms with Crippen LogP contribution in [-0.2, 0) is 10.3 Å². The molecule has 1 aromatic rings. The standard InChI is InChI=1S/C16H21NO3/c1-16(2,17)12-4-3-11(10-18)15(9-12)20-14-7-5-13(19)6-8-14/h3-4,9-10,14H,5-8,17H2,1-2H3. The zero-order valence-corrected chi connectivity index (χ0v) is 12.0. The Hall–Kier alpha value is -1.68. The van der Waals surface area contributed by atoms with Crippen molar-refractivity contribution in [2.24, 2.45) is 5.73 Å². The molecule has 0 saturated heterocycles. The summed E-state index contributed by atoms with van der Waals surface area (Å²) in [4.78, 5) is 22.4. The van der Waals surface area contributed by atoms with Crippen LogP contribution in [0, 0.1) is 0 Å². The van der Waals surface area contributed by atoms with Crippen LogP contribution in [0.5, 0.6) is 5.75 Å². The fraction of sp³-hybridized carbons (Fsp3) is 0.500. The molecule has 0 aliphatic heterocycles. The van der Waals surface area contributed by atoms with Gasteiger partial charge in [0.25, 0.3) is 0 Å². The Labute approximate surface area is 119 Å². The predicted molar refractivity (Wildman–Crippen MR) is 76.9 cm³/mol. The van der Waals surface area contributed by atoms with E-state index in [4.69, 9.17) is 10.5 Å². The number of nitrogens with two attached hydrogens (primary N) is 1. The fourth-order valence-electron chi connectivity index (χ4n) is 2.35. The summed E-state index contributed by atoms with van der Waals surface area (Å²) in [6.45, 7) is 3.82. The first-order valence-electron chi connectivity index (χ1n) is 6.97. The van der Waals surface area contributed by atoms with Gasteiger partial charge in [0.2, 0.25) is 0 Å². The number of hydrogen-bond acceptors (Lipinski definition) is 4. The van der Waals surface area contributed by atoms with E-state index in [1.165, 1.54) is 0 Å². The highest BCUT2D eigenvalue weighted by Crippen LogP contribution is 2.28. The van der Waals surface area contributed by atoms with Crippen LogP contribution in [0.4, 0.5) is 0 Å². The number of carbonyl (C=O) groups excluding carboxylic acids is 2. The molecule has 0 unspecified atom stereocenters. The SMILES string of the molecule is CC(C)(N)c1ccc(C=O)c(OC2CCC(=O)CC2)c1. The number of rotatable bonds is 4. The molecule has 0 aromatic heterocycles. The zero-order chi connectivity index (χ0) is 14.8. The minimum absolute atomic E-state index is 0.00235. The maximum absolute atomic E-state index is 11.2. The molecule has 1 fully saturated rings. The van der Waals surface area contributed by atoms with Crippen LogP contribution in [0.15, 0.2) is 18.2 Å². The van der Waals surface area contributed by atoms with Crippen molar-refractivity contribution in [3.8, 4) is 5.75 Å². The van der Waals surface area contributed by atoms with Crippen LogP contribution < -0.4 is 10.5 Å². The Morgan fingerprint density at radius 2 is 1.95 bits per heavy atom. The average Bonchev–Trinajstić information content (AvgIpc) is 2.40. The third-order valence-corrected chi connectivity index (χ3v) is 3.67. The van der Waals surface area contributed by atoms with Gasteiger partial charge in [0.15, 0.2) is 6.29 Å². The van der Waals surface area contributed by atoms with Gasteiger partial charge in [-0.25, -0.2) is 0 Å². The van der Waals surface area contributed by atoms with E-state index in [0.717, 1.165) is 11.8 Å². The second-order valence-electron chi connectivity index (χ2n) is 5.95. The third-order valence-electron chi connectivity index (χ3n) is 3.67. The van der Waals surface area contributed by atoms with Crippen molar-refractivity contribution in [1.29, 1.82) is 0 Å². The molecule has 1 saturated carbocycles. The summed E-state index contributed by atoms with van der Waals surface area (Å²) in [6.07, 6.45) is 3.34. The summed E-state index contributed by atoms with van der Waals surface area (Å²) >= 11 is 0. The van der Waals surface area contributed by atoms with Crippen molar-refractivity contribution in [2.75, 3.05) is 0 Å². The second kappa shape index (κ2) is 5.75. The molecule has 0 heterocycles. The first kappa shape index (κ1) is 14.7. The summed E-state index contributed by atoms with van der Waals surface area (Å²) in [7, 11) is 0. The molecule has 1 aliphatic rings. The molecule has 4 nitrogen and oxygen atoms in total. The molecular formula is C16H21NO3. The van der Waals surface area contributed by atoms with Gasteiger partial charge in [-0.15, -0.1) is 0 Å². The third kappa shape index (κ3) is 3.45. The Morgan fingerprint density at radius 3 is 2.50 bits per heavy atom. The molecule has 4 heteroatoms. The van der Waals surface area contributed by atoms with E-state index in [0.29, 0.717) is 37.0 Å². The summed E-state index contributed by atoms with van der Waals surface area (Å²) in [6, 6.07) is 5.42. The summed E-state index contributed by atoms with van der Waals surface area (Å²) in [5, 5.41) is 0. The van der Waals surface area contributed by atoms with Gasteiger partial charge < -0.3 is 10.5 Å². The first-order valence-corrected chi connectivity index (χ1v) is 6.97. The van der Waals surface area contributed by atoms with Crippen LogP contribution in [-0.4, -0.2) is 18.2 Å². The monoisotopic (exact) mass is 275 g/mol. The largest absolute Gasteiger partial charge is 0.490 e. The van der Waals surface area contributed by atoms with Crippen molar-refractivity contribution in [3.05, 3.63) is 29.3 Å². The van der Waals surface area contributed by atoms with Crippen molar-refractivity contribution in [3.63, 3.8) is 0 Å². The molecule has 0 bridgehead atoms. The van der Waals surface area contributed by atoms with Gasteiger partial charge in [-0.3, -0.25) is 9.59 Å². The van der Waals surface area contributed by atoms with E-state index in [2.05, 4.69) is 0 Å². The van der Waals surface area contributed by atoms with Crippen molar-refractivity contribution < 1.29 is 14.3 Å². The van der Waals surface area contributed by atoms with Crippen molar-refractivity contribution >= 4 is 12.1 Å². The number of ether oxygens (including phenoxy) is 1. The predicted octanol–water partition coefficient (Wildman–Crippen LogP) is 2.58. The molecule has 0 spiro atoms. The van der Waals surface area contributed by atoms with E-state index >= 15 is 0 Å². The van der Waals surface area contributed by atoms with Gasteiger partial charge in [-0.05, 0) is 44.4 Å². The van der Waals surface area contributed by atoms with E-state index in [1.54, 1.807) is 6.07 Å². The lowest BCUT2D eigenvalue weighted by Gasteiger charge is -2.25. The second-order valence-corrected chi connectivity index (χ2v) is 5.95. The molecule has 0 radical (unpaired) electrons. The lowest BCUT2D eigenvalue weighted by molar-refractivity contribution is -0.121. The highest BCUT2D eigenvalue weighted by Gasteiger charge is 2.22. The molecule has 2 N–H and O–H groups in total. The lowest BCUT2D eigenvalue weighted by Crippen LogP contribution is -2.29. The topological polar surface area (TPSA) is 69.4 Å². The van der Waals surface area contributed by atoms with Crippen LogP contribution in [0.1, 0.15) is 55.5 Å². The maximum atomic E-state index is 11.2. The van der Waals surface area contributed by atoms with Gasteiger partial charge in [0.1, 0.15) is 11.5 Å². The lowest BCUT2D eigenvalue weighted by atomic mass is 9.94. The van der Waals surface area contributed by atoms with Gasteiger partial charge in [0, 0.05) is 18.4 Å². The number of benzene rings is 1. The van der Waals surface area contributed by atoms with Crippen LogP contribution in [0.3, 0.4) is 0 Å². The molecule has 20 heavy (non-hydrogen) atoms.